The standard InChI is InChI=1S/C17H25NO5S/c1-17(2,3)23-16(20)18-15-10-12-6-4-5-7-13(12)14(15)11-24(21,22)9-8-19/h4-7,14-15,19H,8-11H2,1-3H3,(H,18,20)/t14-,15-/m1/s1. The molecular weight excluding hydrogens is 330 g/mol. The summed E-state index contributed by atoms with van der Waals surface area (Å²) in [5.74, 6) is -0.721. The van der Waals surface area contributed by atoms with Gasteiger partial charge in [0.2, 0.25) is 0 Å². The van der Waals surface area contributed by atoms with Crippen molar-refractivity contribution in [2.24, 2.45) is 0 Å². The van der Waals surface area contributed by atoms with Crippen LogP contribution in [0.5, 0.6) is 0 Å². The molecule has 0 heterocycles. The largest absolute Gasteiger partial charge is 0.444 e. The average Bonchev–Trinajstić information content (AvgIpc) is 2.74. The number of benzene rings is 1. The number of nitrogens with one attached hydrogen (secondary N) is 1. The lowest BCUT2D eigenvalue weighted by molar-refractivity contribution is 0.0501. The van der Waals surface area contributed by atoms with Gasteiger partial charge in [0.25, 0.3) is 0 Å². The third-order valence-corrected chi connectivity index (χ3v) is 5.59. The molecule has 1 aliphatic rings. The molecule has 24 heavy (non-hydrogen) atoms. The molecule has 0 fully saturated rings. The van der Waals surface area contributed by atoms with E-state index in [-0.39, 0.29) is 23.5 Å². The first-order valence-electron chi connectivity index (χ1n) is 8.00. The lowest BCUT2D eigenvalue weighted by atomic mass is 10.0. The average molecular weight is 355 g/mol. The maximum atomic E-state index is 12.2. The Morgan fingerprint density at radius 3 is 2.62 bits per heavy atom. The van der Waals surface area contributed by atoms with Crippen LogP contribution in [-0.4, -0.2) is 49.4 Å². The number of sulfone groups is 1. The van der Waals surface area contributed by atoms with Crippen LogP contribution < -0.4 is 5.32 Å². The van der Waals surface area contributed by atoms with Gasteiger partial charge in [-0.3, -0.25) is 0 Å². The molecule has 0 aliphatic heterocycles. The highest BCUT2D eigenvalue weighted by Crippen LogP contribution is 2.34. The van der Waals surface area contributed by atoms with Gasteiger partial charge in [-0.15, -0.1) is 0 Å². The number of carbonyl (C=O) groups excluding carboxylic acids is 1. The summed E-state index contributed by atoms with van der Waals surface area (Å²) >= 11 is 0. The maximum Gasteiger partial charge on any atom is 0.407 e. The van der Waals surface area contributed by atoms with Crippen LogP contribution in [0.2, 0.25) is 0 Å². The smallest absolute Gasteiger partial charge is 0.407 e. The van der Waals surface area contributed by atoms with E-state index in [9.17, 15) is 13.2 Å². The van der Waals surface area contributed by atoms with Gasteiger partial charge in [-0.05, 0) is 38.3 Å². The molecule has 7 heteroatoms. The van der Waals surface area contributed by atoms with Crippen molar-refractivity contribution < 1.29 is 23.1 Å². The van der Waals surface area contributed by atoms with E-state index in [0.29, 0.717) is 6.42 Å². The zero-order valence-corrected chi connectivity index (χ0v) is 15.1. The fourth-order valence-corrected chi connectivity index (χ4v) is 4.39. The van der Waals surface area contributed by atoms with Gasteiger partial charge in [-0.1, -0.05) is 24.3 Å². The minimum Gasteiger partial charge on any atom is -0.444 e. The predicted molar refractivity (Wildman–Crippen MR) is 91.8 cm³/mol. The van der Waals surface area contributed by atoms with Crippen molar-refractivity contribution in [1.82, 2.24) is 5.32 Å². The molecular formula is C17H25NO5S. The molecule has 2 atom stereocenters. The lowest BCUT2D eigenvalue weighted by Gasteiger charge is -2.25. The molecule has 2 N–H and O–H groups in total. The van der Waals surface area contributed by atoms with Crippen molar-refractivity contribution in [3.05, 3.63) is 35.4 Å². The number of carbonyl (C=O) groups is 1. The number of aliphatic hydroxyl groups is 1. The Hall–Kier alpha value is -1.60. The predicted octanol–water partition coefficient (Wildman–Crippen LogP) is 1.63. The van der Waals surface area contributed by atoms with Crippen LogP contribution in [-0.2, 0) is 21.0 Å². The van der Waals surface area contributed by atoms with Crippen LogP contribution in [0, 0.1) is 0 Å². The van der Waals surface area contributed by atoms with Crippen molar-refractivity contribution in [2.75, 3.05) is 18.1 Å². The number of aliphatic hydroxyl groups excluding tert-OH is 1. The molecule has 0 aromatic heterocycles. The number of amides is 1. The zero-order chi connectivity index (χ0) is 18.0. The molecule has 0 unspecified atom stereocenters. The minimum absolute atomic E-state index is 0.106. The van der Waals surface area contributed by atoms with Gasteiger partial charge in [0.15, 0.2) is 9.84 Å². The summed E-state index contributed by atoms with van der Waals surface area (Å²) < 4.78 is 29.6. The van der Waals surface area contributed by atoms with E-state index >= 15 is 0 Å². The molecule has 1 amide bonds. The van der Waals surface area contributed by atoms with Crippen molar-refractivity contribution in [3.63, 3.8) is 0 Å². The van der Waals surface area contributed by atoms with E-state index in [0.717, 1.165) is 11.1 Å². The van der Waals surface area contributed by atoms with Gasteiger partial charge in [-0.2, -0.15) is 0 Å². The zero-order valence-electron chi connectivity index (χ0n) is 14.3. The number of alkyl carbamates (subject to hydrolysis) is 1. The Labute approximate surface area is 143 Å². The number of rotatable bonds is 5. The molecule has 0 bridgehead atoms. The fourth-order valence-electron chi connectivity index (χ4n) is 2.99. The summed E-state index contributed by atoms with van der Waals surface area (Å²) in [5.41, 5.74) is 1.34. The van der Waals surface area contributed by atoms with Crippen LogP contribution in [0.15, 0.2) is 24.3 Å². The molecule has 0 saturated heterocycles. The third kappa shape index (κ3) is 4.95. The van der Waals surface area contributed by atoms with Crippen molar-refractivity contribution >= 4 is 15.9 Å². The van der Waals surface area contributed by atoms with Crippen molar-refractivity contribution in [1.29, 1.82) is 0 Å². The molecule has 1 aliphatic carbocycles. The van der Waals surface area contributed by atoms with Crippen LogP contribution >= 0.6 is 0 Å². The van der Waals surface area contributed by atoms with Crippen LogP contribution in [0.3, 0.4) is 0 Å². The quantitative estimate of drug-likeness (QED) is 0.837. The minimum atomic E-state index is -3.40. The maximum absolute atomic E-state index is 12.2. The first-order chi connectivity index (χ1) is 11.1. The van der Waals surface area contributed by atoms with Gasteiger partial charge in [0.05, 0.1) is 18.1 Å². The normalized spacial score (nSPS) is 20.5. The van der Waals surface area contributed by atoms with E-state index in [1.54, 1.807) is 20.8 Å². The Bertz CT molecular complexity index is 693. The molecule has 0 radical (unpaired) electrons. The van der Waals surface area contributed by atoms with Crippen LogP contribution in [0.4, 0.5) is 4.79 Å². The first-order valence-corrected chi connectivity index (χ1v) is 9.82. The number of ether oxygens (including phenoxy) is 1. The lowest BCUT2D eigenvalue weighted by Crippen LogP contribution is -2.42. The van der Waals surface area contributed by atoms with Gasteiger partial charge in [0, 0.05) is 12.0 Å². The summed E-state index contributed by atoms with van der Waals surface area (Å²) in [4.78, 5) is 12.1. The molecule has 6 nitrogen and oxygen atoms in total. The summed E-state index contributed by atoms with van der Waals surface area (Å²) in [6, 6.07) is 7.25. The number of hydrogen-bond donors (Lipinski definition) is 2. The molecule has 0 saturated carbocycles. The van der Waals surface area contributed by atoms with Crippen LogP contribution in [0.25, 0.3) is 0 Å². The van der Waals surface area contributed by atoms with E-state index in [4.69, 9.17) is 9.84 Å². The topological polar surface area (TPSA) is 92.7 Å². The monoisotopic (exact) mass is 355 g/mol. The van der Waals surface area contributed by atoms with Gasteiger partial charge < -0.3 is 15.2 Å². The highest BCUT2D eigenvalue weighted by molar-refractivity contribution is 7.91. The molecule has 2 rings (SSSR count). The highest BCUT2D eigenvalue weighted by Gasteiger charge is 2.37. The highest BCUT2D eigenvalue weighted by atomic mass is 32.2. The van der Waals surface area contributed by atoms with Crippen molar-refractivity contribution in [3.8, 4) is 0 Å². The van der Waals surface area contributed by atoms with Crippen LogP contribution in [0.1, 0.15) is 37.8 Å². The van der Waals surface area contributed by atoms with Gasteiger partial charge >= 0.3 is 6.09 Å². The Morgan fingerprint density at radius 2 is 2.00 bits per heavy atom. The number of fused-ring (bicyclic) bond motifs is 1. The summed E-state index contributed by atoms with van der Waals surface area (Å²) in [6.07, 6.45) is 0.0132. The summed E-state index contributed by atoms with van der Waals surface area (Å²) in [6.45, 7) is 4.93. The second kappa shape index (κ2) is 7.11. The van der Waals surface area contributed by atoms with Gasteiger partial charge in [0.1, 0.15) is 5.60 Å². The Kier molecular flexibility index (Phi) is 5.55. The fraction of sp³-hybridized carbons (Fsp3) is 0.588. The van der Waals surface area contributed by atoms with E-state index < -0.39 is 28.1 Å². The molecule has 0 spiro atoms. The third-order valence-electron chi connectivity index (χ3n) is 3.92. The Balaban J connectivity index is 2.19. The second-order valence-electron chi connectivity index (χ2n) is 7.10. The first kappa shape index (κ1) is 18.7. The second-order valence-corrected chi connectivity index (χ2v) is 9.33. The molecule has 1 aromatic rings. The van der Waals surface area contributed by atoms with E-state index in [1.165, 1.54) is 0 Å². The summed E-state index contributed by atoms with van der Waals surface area (Å²) in [5, 5.41) is 11.8. The Morgan fingerprint density at radius 1 is 1.33 bits per heavy atom. The van der Waals surface area contributed by atoms with E-state index in [2.05, 4.69) is 5.32 Å². The summed E-state index contributed by atoms with van der Waals surface area (Å²) in [7, 11) is -3.40. The molecule has 134 valence electrons. The van der Waals surface area contributed by atoms with E-state index in [1.807, 2.05) is 24.3 Å². The molecule has 1 aromatic carbocycles. The van der Waals surface area contributed by atoms with Gasteiger partial charge in [-0.25, -0.2) is 13.2 Å². The number of hydrogen-bond acceptors (Lipinski definition) is 5. The SMILES string of the molecule is CC(C)(C)OC(=O)N[C@@H]1Cc2ccccc2[C@H]1CS(=O)(=O)CCO. The van der Waals surface area contributed by atoms with Crippen molar-refractivity contribution in [2.45, 2.75) is 44.8 Å².